The van der Waals surface area contributed by atoms with Crippen molar-refractivity contribution in [2.75, 3.05) is 25.9 Å². The summed E-state index contributed by atoms with van der Waals surface area (Å²) in [6.07, 6.45) is 3.10. The van der Waals surface area contributed by atoms with Gasteiger partial charge in [0.25, 0.3) is 0 Å². The Morgan fingerprint density at radius 3 is 2.78 bits per heavy atom. The Labute approximate surface area is 109 Å². The number of hydrogen-bond acceptors (Lipinski definition) is 4. The van der Waals surface area contributed by atoms with Gasteiger partial charge in [0.1, 0.15) is 5.76 Å². The maximum atomic E-state index is 12.0. The van der Waals surface area contributed by atoms with Crippen molar-refractivity contribution in [3.05, 3.63) is 24.2 Å². The van der Waals surface area contributed by atoms with Gasteiger partial charge in [-0.1, -0.05) is 6.92 Å². The molecule has 1 aromatic rings. The molecule has 0 radical (unpaired) electrons. The molecule has 18 heavy (non-hydrogen) atoms. The zero-order valence-electron chi connectivity index (χ0n) is 11.1. The summed E-state index contributed by atoms with van der Waals surface area (Å²) in [5, 5.41) is 3.18. The first kappa shape index (κ1) is 15.2. The average molecular weight is 274 g/mol. The summed E-state index contributed by atoms with van der Waals surface area (Å²) < 4.78 is 30.4. The van der Waals surface area contributed by atoms with Crippen LogP contribution >= 0.6 is 0 Å². The van der Waals surface area contributed by atoms with Gasteiger partial charge in [-0.05, 0) is 38.1 Å². The minimum absolute atomic E-state index is 0.190. The van der Waals surface area contributed by atoms with Crippen LogP contribution < -0.4 is 5.32 Å². The molecule has 0 fully saturated rings. The molecule has 5 nitrogen and oxygen atoms in total. The molecule has 104 valence electrons. The molecule has 0 saturated heterocycles. The summed E-state index contributed by atoms with van der Waals surface area (Å²) in [5.74, 6) is 0.851. The molecule has 6 heteroatoms. The van der Waals surface area contributed by atoms with Gasteiger partial charge in [0.2, 0.25) is 10.0 Å². The Balaban J connectivity index is 2.33. The summed E-state index contributed by atoms with van der Waals surface area (Å²) in [5.41, 5.74) is 0. The van der Waals surface area contributed by atoms with E-state index >= 15 is 0 Å². The number of sulfonamides is 1. The Hall–Kier alpha value is -0.850. The van der Waals surface area contributed by atoms with E-state index in [1.807, 2.05) is 6.92 Å². The predicted octanol–water partition coefficient (Wildman–Crippen LogP) is 1.43. The van der Waals surface area contributed by atoms with Crippen LogP contribution in [0.15, 0.2) is 22.8 Å². The molecular weight excluding hydrogens is 252 g/mol. The van der Waals surface area contributed by atoms with Gasteiger partial charge in [-0.2, -0.15) is 4.31 Å². The van der Waals surface area contributed by atoms with Crippen LogP contribution in [0.5, 0.6) is 0 Å². The van der Waals surface area contributed by atoms with Crippen LogP contribution in [0.3, 0.4) is 0 Å². The topological polar surface area (TPSA) is 62.6 Å². The number of nitrogens with one attached hydrogen (secondary N) is 1. The lowest BCUT2D eigenvalue weighted by Gasteiger charge is -2.15. The van der Waals surface area contributed by atoms with Crippen molar-refractivity contribution < 1.29 is 12.8 Å². The SMILES string of the molecule is CCNCCCCS(=O)(=O)N(C)Cc1ccco1. The highest BCUT2D eigenvalue weighted by molar-refractivity contribution is 7.89. The van der Waals surface area contributed by atoms with Gasteiger partial charge in [-0.15, -0.1) is 0 Å². The van der Waals surface area contributed by atoms with Gasteiger partial charge in [0.05, 0.1) is 18.6 Å². The third-order valence-electron chi connectivity index (χ3n) is 2.69. The Morgan fingerprint density at radius 2 is 2.17 bits per heavy atom. The summed E-state index contributed by atoms with van der Waals surface area (Å²) in [6, 6.07) is 3.53. The number of furan rings is 1. The number of rotatable bonds is 9. The molecule has 0 aliphatic heterocycles. The Bertz CT molecular complexity index is 415. The number of unbranched alkanes of at least 4 members (excludes halogenated alkanes) is 1. The third-order valence-corrected chi connectivity index (χ3v) is 4.57. The van der Waals surface area contributed by atoms with E-state index in [2.05, 4.69) is 5.32 Å². The van der Waals surface area contributed by atoms with Gasteiger partial charge in [0.15, 0.2) is 0 Å². The third kappa shape index (κ3) is 5.20. The molecule has 0 bridgehead atoms. The highest BCUT2D eigenvalue weighted by atomic mass is 32.2. The van der Waals surface area contributed by atoms with Crippen LogP contribution in [-0.2, 0) is 16.6 Å². The van der Waals surface area contributed by atoms with Crippen LogP contribution in [-0.4, -0.2) is 38.6 Å². The van der Waals surface area contributed by atoms with E-state index in [4.69, 9.17) is 4.42 Å². The maximum absolute atomic E-state index is 12.0. The molecule has 0 aliphatic rings. The van der Waals surface area contributed by atoms with Gasteiger partial charge < -0.3 is 9.73 Å². The lowest BCUT2D eigenvalue weighted by molar-refractivity contribution is 0.405. The molecule has 1 heterocycles. The first-order valence-corrected chi connectivity index (χ1v) is 7.84. The van der Waals surface area contributed by atoms with Gasteiger partial charge in [0, 0.05) is 7.05 Å². The van der Waals surface area contributed by atoms with Gasteiger partial charge in [-0.3, -0.25) is 0 Å². The summed E-state index contributed by atoms with van der Waals surface area (Å²) in [4.78, 5) is 0. The highest BCUT2D eigenvalue weighted by Gasteiger charge is 2.18. The molecule has 1 aromatic heterocycles. The summed E-state index contributed by atoms with van der Waals surface area (Å²) in [7, 11) is -1.59. The minimum atomic E-state index is -3.18. The molecule has 1 rings (SSSR count). The van der Waals surface area contributed by atoms with Crippen molar-refractivity contribution in [1.82, 2.24) is 9.62 Å². The smallest absolute Gasteiger partial charge is 0.214 e. The zero-order chi connectivity index (χ0) is 13.4. The average Bonchev–Trinajstić information content (AvgIpc) is 2.81. The second kappa shape index (κ2) is 7.56. The van der Waals surface area contributed by atoms with Gasteiger partial charge in [-0.25, -0.2) is 8.42 Å². The Kier molecular flexibility index (Phi) is 6.38. The molecule has 0 amide bonds. The fourth-order valence-electron chi connectivity index (χ4n) is 1.59. The lowest BCUT2D eigenvalue weighted by Crippen LogP contribution is -2.29. The van der Waals surface area contributed by atoms with Gasteiger partial charge >= 0.3 is 0 Å². The van der Waals surface area contributed by atoms with E-state index in [1.165, 1.54) is 4.31 Å². The van der Waals surface area contributed by atoms with E-state index in [1.54, 1.807) is 25.4 Å². The first-order valence-electron chi connectivity index (χ1n) is 6.23. The predicted molar refractivity (Wildman–Crippen MR) is 71.7 cm³/mol. The molecule has 0 saturated carbocycles. The van der Waals surface area contributed by atoms with Crippen LogP contribution in [0, 0.1) is 0 Å². The van der Waals surface area contributed by atoms with Crippen molar-refractivity contribution in [1.29, 1.82) is 0 Å². The minimum Gasteiger partial charge on any atom is -0.468 e. The quantitative estimate of drug-likeness (QED) is 0.692. The Morgan fingerprint density at radius 1 is 1.39 bits per heavy atom. The zero-order valence-corrected chi connectivity index (χ0v) is 11.9. The lowest BCUT2D eigenvalue weighted by atomic mass is 10.3. The van der Waals surface area contributed by atoms with Crippen molar-refractivity contribution in [3.8, 4) is 0 Å². The van der Waals surface area contributed by atoms with Crippen molar-refractivity contribution >= 4 is 10.0 Å². The summed E-state index contributed by atoms with van der Waals surface area (Å²) in [6.45, 7) is 4.12. The molecule has 0 aliphatic carbocycles. The summed E-state index contributed by atoms with van der Waals surface area (Å²) >= 11 is 0. The standard InChI is InChI=1S/C12H22N2O3S/c1-3-13-8-4-5-10-18(15,16)14(2)11-12-7-6-9-17-12/h6-7,9,13H,3-5,8,10-11H2,1-2H3. The number of nitrogens with zero attached hydrogens (tertiary/aromatic N) is 1. The van der Waals surface area contributed by atoms with E-state index in [0.717, 1.165) is 19.5 Å². The molecule has 0 atom stereocenters. The largest absolute Gasteiger partial charge is 0.468 e. The number of hydrogen-bond donors (Lipinski definition) is 1. The van der Waals surface area contributed by atoms with Crippen LogP contribution in [0.2, 0.25) is 0 Å². The second-order valence-corrected chi connectivity index (χ2v) is 6.41. The molecule has 1 N–H and O–H groups in total. The normalized spacial score (nSPS) is 12.2. The molecular formula is C12H22N2O3S. The molecule has 0 spiro atoms. The first-order chi connectivity index (χ1) is 8.56. The van der Waals surface area contributed by atoms with Crippen LogP contribution in [0.4, 0.5) is 0 Å². The maximum Gasteiger partial charge on any atom is 0.214 e. The second-order valence-electron chi connectivity index (χ2n) is 4.21. The van der Waals surface area contributed by atoms with E-state index in [-0.39, 0.29) is 5.75 Å². The van der Waals surface area contributed by atoms with E-state index in [9.17, 15) is 8.42 Å². The van der Waals surface area contributed by atoms with Crippen molar-refractivity contribution in [2.24, 2.45) is 0 Å². The van der Waals surface area contributed by atoms with Crippen molar-refractivity contribution in [2.45, 2.75) is 26.3 Å². The van der Waals surface area contributed by atoms with Crippen LogP contribution in [0.1, 0.15) is 25.5 Å². The molecule has 0 aromatic carbocycles. The fourth-order valence-corrected chi connectivity index (χ4v) is 2.79. The van der Waals surface area contributed by atoms with E-state index < -0.39 is 10.0 Å². The molecule has 0 unspecified atom stereocenters. The van der Waals surface area contributed by atoms with Crippen molar-refractivity contribution in [3.63, 3.8) is 0 Å². The van der Waals surface area contributed by atoms with Crippen LogP contribution in [0.25, 0.3) is 0 Å². The van der Waals surface area contributed by atoms with E-state index in [0.29, 0.717) is 18.7 Å². The fraction of sp³-hybridized carbons (Fsp3) is 0.667. The highest BCUT2D eigenvalue weighted by Crippen LogP contribution is 2.09. The monoisotopic (exact) mass is 274 g/mol.